The molecule has 140 valence electrons. The van der Waals surface area contributed by atoms with Crippen LogP contribution in [0.2, 0.25) is 0 Å². The normalized spacial score (nSPS) is 25.5. The van der Waals surface area contributed by atoms with Gasteiger partial charge in [0.25, 0.3) is 0 Å². The number of ether oxygens (including phenoxy) is 1. The van der Waals surface area contributed by atoms with Crippen molar-refractivity contribution in [3.05, 3.63) is 40.0 Å². The predicted octanol–water partition coefficient (Wildman–Crippen LogP) is 1.50. The summed E-state index contributed by atoms with van der Waals surface area (Å²) < 4.78 is 32.8. The number of thiazole rings is 1. The molecular formula is C17H22N4O3S2. The quantitative estimate of drug-likeness (QED) is 0.765. The third-order valence-corrected chi connectivity index (χ3v) is 8.20. The van der Waals surface area contributed by atoms with Gasteiger partial charge >= 0.3 is 0 Å². The minimum absolute atomic E-state index is 0.141. The molecule has 0 aromatic carbocycles. The van der Waals surface area contributed by atoms with Gasteiger partial charge in [0.15, 0.2) is 0 Å². The molecule has 26 heavy (non-hydrogen) atoms. The fraction of sp³-hybridized carbons (Fsp3) is 0.529. The van der Waals surface area contributed by atoms with Crippen LogP contribution in [0, 0.1) is 12.8 Å². The van der Waals surface area contributed by atoms with Gasteiger partial charge in [-0.15, -0.1) is 11.3 Å². The first-order valence-electron chi connectivity index (χ1n) is 8.57. The van der Waals surface area contributed by atoms with Crippen LogP contribution in [0.25, 0.3) is 0 Å². The summed E-state index contributed by atoms with van der Waals surface area (Å²) in [5.74, 6) is 0.746. The van der Waals surface area contributed by atoms with Gasteiger partial charge in [-0.25, -0.2) is 18.4 Å². The van der Waals surface area contributed by atoms with Gasteiger partial charge in [0.05, 0.1) is 29.6 Å². The molecule has 4 heterocycles. The van der Waals surface area contributed by atoms with Crippen molar-refractivity contribution in [2.24, 2.45) is 5.92 Å². The van der Waals surface area contributed by atoms with E-state index in [0.717, 1.165) is 22.8 Å². The second kappa shape index (κ2) is 6.88. The first-order valence-corrected chi connectivity index (χ1v) is 11.0. The highest BCUT2D eigenvalue weighted by molar-refractivity contribution is 7.90. The second-order valence-corrected chi connectivity index (χ2v) is 10.1. The Morgan fingerprint density at radius 2 is 2.15 bits per heavy atom. The van der Waals surface area contributed by atoms with Crippen LogP contribution in [-0.2, 0) is 23.1 Å². The predicted molar refractivity (Wildman–Crippen MR) is 99.5 cm³/mol. The Kier molecular flexibility index (Phi) is 4.72. The maximum absolute atomic E-state index is 12.9. The number of aromatic nitrogens is 2. The van der Waals surface area contributed by atoms with E-state index in [2.05, 4.69) is 14.9 Å². The summed E-state index contributed by atoms with van der Waals surface area (Å²) in [6, 6.07) is 3.86. The number of hydrogen-bond acceptors (Lipinski definition) is 7. The lowest BCUT2D eigenvalue weighted by molar-refractivity contribution is 0.287. The number of likely N-dealkylation sites (tertiary alicyclic amines) is 1. The lowest BCUT2D eigenvalue weighted by atomic mass is 10.1. The summed E-state index contributed by atoms with van der Waals surface area (Å²) >= 11 is 1.56. The van der Waals surface area contributed by atoms with E-state index in [1.54, 1.807) is 28.9 Å². The van der Waals surface area contributed by atoms with Crippen molar-refractivity contribution < 1.29 is 13.2 Å². The average molecular weight is 395 g/mol. The van der Waals surface area contributed by atoms with Crippen molar-refractivity contribution in [2.75, 3.05) is 26.7 Å². The third kappa shape index (κ3) is 3.24. The Morgan fingerprint density at radius 1 is 1.31 bits per heavy atom. The van der Waals surface area contributed by atoms with E-state index in [0.29, 0.717) is 32.1 Å². The summed E-state index contributed by atoms with van der Waals surface area (Å²) in [4.78, 5) is 10.8. The van der Waals surface area contributed by atoms with Crippen LogP contribution >= 0.6 is 11.3 Å². The molecule has 0 spiro atoms. The number of methoxy groups -OCH3 is 1. The molecule has 2 aliphatic rings. The first-order chi connectivity index (χ1) is 12.5. The van der Waals surface area contributed by atoms with Crippen molar-refractivity contribution in [3.63, 3.8) is 0 Å². The molecule has 2 fully saturated rings. The molecule has 9 heteroatoms. The van der Waals surface area contributed by atoms with Crippen LogP contribution < -0.4 is 4.74 Å². The lowest BCUT2D eigenvalue weighted by Gasteiger charge is -2.21. The van der Waals surface area contributed by atoms with Gasteiger partial charge in [-0.05, 0) is 13.0 Å². The van der Waals surface area contributed by atoms with Gasteiger partial charge in [0.2, 0.25) is 15.9 Å². The van der Waals surface area contributed by atoms with E-state index in [9.17, 15) is 8.42 Å². The summed E-state index contributed by atoms with van der Waals surface area (Å²) in [5, 5.41) is 2.58. The molecule has 2 unspecified atom stereocenters. The number of aryl methyl sites for hydroxylation is 1. The monoisotopic (exact) mass is 394 g/mol. The smallest absolute Gasteiger partial charge is 0.218 e. The van der Waals surface area contributed by atoms with Crippen molar-refractivity contribution >= 4 is 21.4 Å². The number of nitrogens with zero attached hydrogens (tertiary/aromatic N) is 4. The molecule has 0 aliphatic carbocycles. The highest BCUT2D eigenvalue weighted by Gasteiger charge is 2.50. The summed E-state index contributed by atoms with van der Waals surface area (Å²) in [7, 11) is -1.68. The fourth-order valence-electron chi connectivity index (χ4n) is 3.91. The molecule has 0 radical (unpaired) electrons. The van der Waals surface area contributed by atoms with Crippen LogP contribution in [0.1, 0.15) is 16.3 Å². The van der Waals surface area contributed by atoms with Gasteiger partial charge in [-0.3, -0.25) is 4.90 Å². The van der Waals surface area contributed by atoms with Gasteiger partial charge in [-0.2, -0.15) is 4.31 Å². The average Bonchev–Trinajstić information content (AvgIpc) is 3.26. The Morgan fingerprint density at radius 3 is 2.85 bits per heavy atom. The maximum atomic E-state index is 12.9. The highest BCUT2D eigenvalue weighted by Crippen LogP contribution is 2.35. The van der Waals surface area contributed by atoms with Crippen molar-refractivity contribution in [1.29, 1.82) is 0 Å². The molecule has 2 atom stereocenters. The zero-order valence-electron chi connectivity index (χ0n) is 14.8. The topological polar surface area (TPSA) is 75.6 Å². The number of pyridine rings is 1. The molecule has 2 aromatic rings. The van der Waals surface area contributed by atoms with Crippen LogP contribution in [0.3, 0.4) is 0 Å². The van der Waals surface area contributed by atoms with Crippen molar-refractivity contribution in [2.45, 2.75) is 25.3 Å². The molecule has 2 saturated heterocycles. The Bertz CT molecular complexity index is 899. The Hall–Kier alpha value is -1.55. The lowest BCUT2D eigenvalue weighted by Crippen LogP contribution is -2.34. The highest BCUT2D eigenvalue weighted by atomic mass is 32.2. The zero-order valence-corrected chi connectivity index (χ0v) is 16.5. The molecule has 0 N–H and O–H groups in total. The molecule has 4 rings (SSSR count). The van der Waals surface area contributed by atoms with E-state index in [4.69, 9.17) is 4.74 Å². The summed E-state index contributed by atoms with van der Waals surface area (Å²) in [5.41, 5.74) is 1.83. The van der Waals surface area contributed by atoms with E-state index in [-0.39, 0.29) is 11.2 Å². The van der Waals surface area contributed by atoms with Crippen LogP contribution in [0.4, 0.5) is 0 Å². The minimum Gasteiger partial charge on any atom is -0.481 e. The standard InChI is InChI=1S/C17H22N4O3S2/c1-12-19-15(11-25-12)9-21-8-14-7-20(10-16(14)26(21,22)23)6-13-4-3-5-18-17(13)24-2/h3-5,11,14,16H,6-10H2,1-2H3. The van der Waals surface area contributed by atoms with E-state index in [1.807, 2.05) is 24.4 Å². The summed E-state index contributed by atoms with van der Waals surface area (Å²) in [6.45, 7) is 4.88. The molecule has 2 aliphatic heterocycles. The van der Waals surface area contributed by atoms with E-state index < -0.39 is 10.0 Å². The second-order valence-electron chi connectivity index (χ2n) is 6.86. The van der Waals surface area contributed by atoms with Crippen LogP contribution in [0.5, 0.6) is 5.88 Å². The van der Waals surface area contributed by atoms with Gasteiger partial charge in [0.1, 0.15) is 0 Å². The largest absolute Gasteiger partial charge is 0.481 e. The van der Waals surface area contributed by atoms with Gasteiger partial charge in [0, 0.05) is 49.2 Å². The number of rotatable bonds is 5. The van der Waals surface area contributed by atoms with E-state index in [1.165, 1.54) is 0 Å². The molecule has 0 bridgehead atoms. The third-order valence-electron chi connectivity index (χ3n) is 5.08. The molecular weight excluding hydrogens is 372 g/mol. The zero-order chi connectivity index (χ0) is 18.3. The summed E-state index contributed by atoms with van der Waals surface area (Å²) in [6.07, 6.45) is 1.70. The molecule has 0 saturated carbocycles. The van der Waals surface area contributed by atoms with Gasteiger partial charge < -0.3 is 4.74 Å². The number of sulfonamides is 1. The fourth-order valence-corrected chi connectivity index (χ4v) is 6.67. The molecule has 7 nitrogen and oxygen atoms in total. The molecule has 2 aromatic heterocycles. The van der Waals surface area contributed by atoms with Crippen molar-refractivity contribution in [1.82, 2.24) is 19.2 Å². The van der Waals surface area contributed by atoms with Crippen LogP contribution in [-0.4, -0.2) is 59.6 Å². The van der Waals surface area contributed by atoms with Gasteiger partial charge in [-0.1, -0.05) is 6.07 Å². The maximum Gasteiger partial charge on any atom is 0.218 e. The van der Waals surface area contributed by atoms with E-state index >= 15 is 0 Å². The number of fused-ring (bicyclic) bond motifs is 1. The first kappa shape index (κ1) is 17.8. The SMILES string of the molecule is COc1ncccc1CN1CC2CN(Cc3csc(C)n3)S(=O)(=O)C2C1. The molecule has 0 amide bonds. The minimum atomic E-state index is -3.29. The van der Waals surface area contributed by atoms with Crippen LogP contribution in [0.15, 0.2) is 23.7 Å². The Labute approximate surface area is 157 Å². The number of hydrogen-bond donors (Lipinski definition) is 0. The Balaban J connectivity index is 1.45. The van der Waals surface area contributed by atoms with Crippen molar-refractivity contribution in [3.8, 4) is 5.88 Å².